The second kappa shape index (κ2) is 6.91. The maximum Gasteiger partial charge on any atom is 0.123 e. The minimum absolute atomic E-state index is 0.254. The highest BCUT2D eigenvalue weighted by Gasteiger charge is 2.04. The second-order valence-electron chi connectivity index (χ2n) is 5.45. The lowest BCUT2D eigenvalue weighted by Gasteiger charge is -2.07. The van der Waals surface area contributed by atoms with E-state index in [-0.39, 0.29) is 5.82 Å². The number of benzene rings is 1. The van der Waals surface area contributed by atoms with E-state index in [0.717, 1.165) is 18.7 Å². The first-order chi connectivity index (χ1) is 9.54. The van der Waals surface area contributed by atoms with Gasteiger partial charge in [0.2, 0.25) is 0 Å². The molecule has 1 heterocycles. The van der Waals surface area contributed by atoms with Crippen LogP contribution in [0.3, 0.4) is 0 Å². The summed E-state index contributed by atoms with van der Waals surface area (Å²) < 4.78 is 15.2. The van der Waals surface area contributed by atoms with Gasteiger partial charge in [-0.05, 0) is 47.9 Å². The van der Waals surface area contributed by atoms with Crippen LogP contribution in [0.15, 0.2) is 36.7 Å². The highest BCUT2D eigenvalue weighted by molar-refractivity contribution is 6.31. The minimum Gasteiger partial charge on any atom is -0.350 e. The molecule has 0 atom stereocenters. The van der Waals surface area contributed by atoms with Crippen molar-refractivity contribution in [1.29, 1.82) is 0 Å². The molecule has 108 valence electrons. The molecule has 1 aromatic heterocycles. The quantitative estimate of drug-likeness (QED) is 0.849. The first-order valence-electron chi connectivity index (χ1n) is 6.84. The molecule has 0 saturated heterocycles. The lowest BCUT2D eigenvalue weighted by atomic mass is 10.2. The maximum atomic E-state index is 13.2. The van der Waals surface area contributed by atoms with Gasteiger partial charge >= 0.3 is 0 Å². The summed E-state index contributed by atoms with van der Waals surface area (Å²) in [7, 11) is 0. The normalized spacial score (nSPS) is 11.2. The zero-order valence-electron chi connectivity index (χ0n) is 11.9. The van der Waals surface area contributed by atoms with E-state index in [0.29, 0.717) is 17.5 Å². The number of nitrogens with one attached hydrogen (secondary N) is 1. The Morgan fingerprint density at radius 1 is 1.30 bits per heavy atom. The van der Waals surface area contributed by atoms with Crippen molar-refractivity contribution in [3.8, 4) is 0 Å². The monoisotopic (exact) mass is 294 g/mol. The average Bonchev–Trinajstić information content (AvgIpc) is 2.81. The standard InChI is InChI=1S/C16H20ClFN2/c1-12(2)8-19-9-13-5-6-20(10-13)11-14-7-15(18)3-4-16(14)17/h3-7,10,12,19H,8-9,11H2,1-2H3. The molecular formula is C16H20ClFN2. The van der Waals surface area contributed by atoms with Gasteiger partial charge in [-0.15, -0.1) is 0 Å². The van der Waals surface area contributed by atoms with E-state index in [9.17, 15) is 4.39 Å². The molecule has 0 radical (unpaired) electrons. The first kappa shape index (κ1) is 15.1. The van der Waals surface area contributed by atoms with E-state index in [4.69, 9.17) is 11.6 Å². The fourth-order valence-corrected chi connectivity index (χ4v) is 2.24. The van der Waals surface area contributed by atoms with E-state index in [1.165, 1.54) is 17.7 Å². The van der Waals surface area contributed by atoms with Crippen molar-refractivity contribution in [2.24, 2.45) is 5.92 Å². The molecule has 1 N–H and O–H groups in total. The predicted molar refractivity (Wildman–Crippen MR) is 81.5 cm³/mol. The minimum atomic E-state index is -0.254. The molecule has 1 aromatic carbocycles. The third-order valence-electron chi connectivity index (χ3n) is 3.05. The van der Waals surface area contributed by atoms with Gasteiger partial charge in [-0.25, -0.2) is 4.39 Å². The van der Waals surface area contributed by atoms with Crippen LogP contribution in [0.2, 0.25) is 5.02 Å². The Balaban J connectivity index is 1.97. The van der Waals surface area contributed by atoms with Gasteiger partial charge in [0.15, 0.2) is 0 Å². The molecule has 2 nitrogen and oxygen atoms in total. The molecule has 2 aromatic rings. The summed E-state index contributed by atoms with van der Waals surface area (Å²) in [6, 6.07) is 6.53. The van der Waals surface area contributed by atoms with Crippen LogP contribution in [0, 0.1) is 11.7 Å². The molecule has 0 aliphatic carbocycles. The molecular weight excluding hydrogens is 275 g/mol. The number of nitrogens with zero attached hydrogens (tertiary/aromatic N) is 1. The zero-order valence-corrected chi connectivity index (χ0v) is 12.6. The van der Waals surface area contributed by atoms with Gasteiger partial charge in [-0.1, -0.05) is 25.4 Å². The zero-order chi connectivity index (χ0) is 14.5. The summed E-state index contributed by atoms with van der Waals surface area (Å²) in [5.41, 5.74) is 2.02. The van der Waals surface area contributed by atoms with Crippen LogP contribution in [0.4, 0.5) is 4.39 Å². The lowest BCUT2D eigenvalue weighted by molar-refractivity contribution is 0.552. The summed E-state index contributed by atoms with van der Waals surface area (Å²) in [5, 5.41) is 4.00. The number of hydrogen-bond acceptors (Lipinski definition) is 1. The van der Waals surface area contributed by atoms with Crippen molar-refractivity contribution in [2.75, 3.05) is 6.54 Å². The Bertz CT molecular complexity index is 563. The molecule has 0 saturated carbocycles. The van der Waals surface area contributed by atoms with Crippen LogP contribution < -0.4 is 5.32 Å². The van der Waals surface area contributed by atoms with E-state index < -0.39 is 0 Å². The van der Waals surface area contributed by atoms with Crippen LogP contribution >= 0.6 is 11.6 Å². The summed E-state index contributed by atoms with van der Waals surface area (Å²) in [6.45, 7) is 6.80. The first-order valence-corrected chi connectivity index (χ1v) is 7.21. The summed E-state index contributed by atoms with van der Waals surface area (Å²) in [5.74, 6) is 0.388. The summed E-state index contributed by atoms with van der Waals surface area (Å²) >= 11 is 6.08. The number of rotatable bonds is 6. The fourth-order valence-electron chi connectivity index (χ4n) is 2.06. The Morgan fingerprint density at radius 3 is 2.85 bits per heavy atom. The number of hydrogen-bond donors (Lipinski definition) is 1. The number of halogens is 2. The van der Waals surface area contributed by atoms with E-state index in [1.807, 2.05) is 10.8 Å². The SMILES string of the molecule is CC(C)CNCc1ccn(Cc2cc(F)ccc2Cl)c1. The van der Waals surface area contributed by atoms with Crippen molar-refractivity contribution in [3.05, 3.63) is 58.6 Å². The summed E-state index contributed by atoms with van der Waals surface area (Å²) in [4.78, 5) is 0. The maximum absolute atomic E-state index is 13.2. The lowest BCUT2D eigenvalue weighted by Crippen LogP contribution is -2.18. The Kier molecular flexibility index (Phi) is 5.21. The van der Waals surface area contributed by atoms with Gasteiger partial charge < -0.3 is 9.88 Å². The van der Waals surface area contributed by atoms with Crippen LogP contribution in [0.25, 0.3) is 0 Å². The molecule has 4 heteroatoms. The Labute approximate surface area is 124 Å². The Morgan fingerprint density at radius 2 is 2.10 bits per heavy atom. The molecule has 0 fully saturated rings. The molecule has 0 aliphatic rings. The fraction of sp³-hybridized carbons (Fsp3) is 0.375. The topological polar surface area (TPSA) is 17.0 Å². The van der Waals surface area contributed by atoms with Crippen molar-refractivity contribution in [1.82, 2.24) is 9.88 Å². The Hall–Kier alpha value is -1.32. The molecule has 0 unspecified atom stereocenters. The largest absolute Gasteiger partial charge is 0.350 e. The predicted octanol–water partition coefficient (Wildman–Crippen LogP) is 4.07. The van der Waals surface area contributed by atoms with Crippen LogP contribution in [0.5, 0.6) is 0 Å². The van der Waals surface area contributed by atoms with Gasteiger partial charge in [0.1, 0.15) is 5.82 Å². The number of aromatic nitrogens is 1. The van der Waals surface area contributed by atoms with Crippen molar-refractivity contribution < 1.29 is 4.39 Å². The molecule has 20 heavy (non-hydrogen) atoms. The average molecular weight is 295 g/mol. The highest BCUT2D eigenvalue weighted by atomic mass is 35.5. The van der Waals surface area contributed by atoms with Crippen molar-refractivity contribution >= 4 is 11.6 Å². The van der Waals surface area contributed by atoms with E-state index >= 15 is 0 Å². The molecule has 0 amide bonds. The molecule has 0 aliphatic heterocycles. The summed E-state index contributed by atoms with van der Waals surface area (Å²) in [6.07, 6.45) is 4.06. The third-order valence-corrected chi connectivity index (χ3v) is 3.42. The van der Waals surface area contributed by atoms with Crippen LogP contribution in [-0.2, 0) is 13.1 Å². The van der Waals surface area contributed by atoms with Gasteiger partial charge in [0.25, 0.3) is 0 Å². The second-order valence-corrected chi connectivity index (χ2v) is 5.86. The smallest absolute Gasteiger partial charge is 0.123 e. The van der Waals surface area contributed by atoms with E-state index in [2.05, 4.69) is 31.4 Å². The van der Waals surface area contributed by atoms with Crippen LogP contribution in [-0.4, -0.2) is 11.1 Å². The molecule has 2 rings (SSSR count). The van der Waals surface area contributed by atoms with Gasteiger partial charge in [0, 0.05) is 30.5 Å². The van der Waals surface area contributed by atoms with E-state index in [1.54, 1.807) is 6.07 Å². The van der Waals surface area contributed by atoms with Gasteiger partial charge in [0.05, 0.1) is 0 Å². The van der Waals surface area contributed by atoms with Crippen LogP contribution in [0.1, 0.15) is 25.0 Å². The van der Waals surface area contributed by atoms with Crippen molar-refractivity contribution in [2.45, 2.75) is 26.9 Å². The molecule has 0 spiro atoms. The van der Waals surface area contributed by atoms with Gasteiger partial charge in [-0.2, -0.15) is 0 Å². The third kappa shape index (κ3) is 4.36. The van der Waals surface area contributed by atoms with Gasteiger partial charge in [-0.3, -0.25) is 0 Å². The van der Waals surface area contributed by atoms with Crippen molar-refractivity contribution in [3.63, 3.8) is 0 Å². The highest BCUT2D eigenvalue weighted by Crippen LogP contribution is 2.18. The molecule has 0 bridgehead atoms.